The first-order valence-corrected chi connectivity index (χ1v) is 15.3. The standard InChI is InChI=1S/C8H12O.C6H17NO5P2.C4H10.3C2H6/c1-2-7-3-5-8(9)6-4-7;1-9-13(10-2)5-7-6-14(8,11-3)12-4;1-3-4-2;3*1-2/h3,5-7,9H,2,4H2,1H3;7H,5-6H2,1-4H3;3-4H2,1-2H3;3*1-2H3. The molecule has 0 amide bonds. The lowest BCUT2D eigenvalue weighted by Gasteiger charge is -2.16. The van der Waals surface area contributed by atoms with E-state index < -0.39 is 16.0 Å². The molecule has 0 aromatic heterocycles. The quantitative estimate of drug-likeness (QED) is 0.280. The molecule has 1 atom stereocenters. The van der Waals surface area contributed by atoms with E-state index in [9.17, 15) is 4.57 Å². The Morgan fingerprint density at radius 3 is 1.70 bits per heavy atom. The molecule has 0 aromatic rings. The summed E-state index contributed by atoms with van der Waals surface area (Å²) in [4.78, 5) is 0. The highest BCUT2D eigenvalue weighted by molar-refractivity contribution is 7.53. The second-order valence-electron chi connectivity index (χ2n) is 5.63. The largest absolute Gasteiger partial charge is 0.508 e. The average Bonchev–Trinajstić information content (AvgIpc) is 2.91. The lowest BCUT2D eigenvalue weighted by molar-refractivity contribution is 0.273. The molecule has 0 fully saturated rings. The van der Waals surface area contributed by atoms with Gasteiger partial charge in [-0.2, -0.15) is 0 Å². The van der Waals surface area contributed by atoms with Crippen LogP contribution in [-0.4, -0.2) is 46.1 Å². The number of hydrogen-bond acceptors (Lipinski definition) is 7. The van der Waals surface area contributed by atoms with Gasteiger partial charge in [-0.05, 0) is 30.9 Å². The first kappa shape index (κ1) is 42.9. The molecule has 1 unspecified atom stereocenters. The van der Waals surface area contributed by atoms with Crippen molar-refractivity contribution >= 4 is 16.0 Å². The van der Waals surface area contributed by atoms with E-state index in [2.05, 4.69) is 32.2 Å². The third-order valence-electron chi connectivity index (χ3n) is 3.70. The zero-order chi connectivity index (χ0) is 27.1. The molecule has 0 bridgehead atoms. The number of aliphatic hydroxyl groups excluding tert-OH is 1. The van der Waals surface area contributed by atoms with Gasteiger partial charge < -0.3 is 23.2 Å². The minimum Gasteiger partial charge on any atom is -0.508 e. The van der Waals surface area contributed by atoms with E-state index >= 15 is 0 Å². The monoisotopic (exact) mass is 517 g/mol. The topological polar surface area (TPSA) is 86.3 Å². The van der Waals surface area contributed by atoms with Crippen molar-refractivity contribution in [1.82, 2.24) is 5.32 Å². The SMILES string of the molecule is CC.CC.CC.CCC1C=CC(O)=CC1.CCCC.COP(CNCP(=O)(OC)OC)OC. The zero-order valence-corrected chi connectivity index (χ0v) is 25.7. The van der Waals surface area contributed by atoms with Crippen molar-refractivity contribution in [3.05, 3.63) is 24.0 Å². The molecule has 1 rings (SSSR count). The lowest BCUT2D eigenvalue weighted by Crippen LogP contribution is -2.17. The van der Waals surface area contributed by atoms with Crippen molar-refractivity contribution in [3.8, 4) is 0 Å². The summed E-state index contributed by atoms with van der Waals surface area (Å²) in [6.45, 7) is 18.5. The molecule has 0 saturated carbocycles. The van der Waals surface area contributed by atoms with Crippen molar-refractivity contribution in [2.75, 3.05) is 41.0 Å². The second-order valence-corrected chi connectivity index (χ2v) is 9.61. The molecule has 204 valence electrons. The van der Waals surface area contributed by atoms with Crippen molar-refractivity contribution in [1.29, 1.82) is 0 Å². The highest BCUT2D eigenvalue weighted by Gasteiger charge is 2.20. The minimum atomic E-state index is -2.97. The van der Waals surface area contributed by atoms with E-state index in [1.54, 1.807) is 20.3 Å². The van der Waals surface area contributed by atoms with Crippen molar-refractivity contribution in [2.45, 2.75) is 88.0 Å². The molecule has 7 nitrogen and oxygen atoms in total. The summed E-state index contributed by atoms with van der Waals surface area (Å²) in [7, 11) is 1.88. The Bertz CT molecular complexity index is 435. The van der Waals surface area contributed by atoms with Crippen LogP contribution in [0, 0.1) is 5.92 Å². The fraction of sp³-hybridized carbons (Fsp3) is 0.833. The van der Waals surface area contributed by atoms with Crippen LogP contribution in [0.4, 0.5) is 0 Å². The van der Waals surface area contributed by atoms with Crippen molar-refractivity contribution in [2.24, 2.45) is 5.92 Å². The summed E-state index contributed by atoms with van der Waals surface area (Å²) >= 11 is 0. The summed E-state index contributed by atoms with van der Waals surface area (Å²) in [5.41, 5.74) is 0. The van der Waals surface area contributed by atoms with E-state index in [0.29, 0.717) is 18.0 Å². The first-order valence-electron chi connectivity index (χ1n) is 12.2. The van der Waals surface area contributed by atoms with Crippen LogP contribution in [-0.2, 0) is 22.7 Å². The van der Waals surface area contributed by atoms with E-state index in [1.807, 2.05) is 47.6 Å². The number of nitrogens with one attached hydrogen (secondary N) is 1. The van der Waals surface area contributed by atoms with Crippen LogP contribution in [0.2, 0.25) is 0 Å². The number of allylic oxidation sites excluding steroid dienone is 3. The molecular weight excluding hydrogens is 460 g/mol. The Morgan fingerprint density at radius 1 is 0.970 bits per heavy atom. The fourth-order valence-corrected chi connectivity index (χ4v) is 3.31. The Balaban J connectivity index is -0.000000118. The highest BCUT2D eigenvalue weighted by atomic mass is 31.2. The van der Waals surface area contributed by atoms with Crippen LogP contribution in [0.25, 0.3) is 0 Å². The summed E-state index contributed by atoms with van der Waals surface area (Å²) in [5.74, 6) is 1.07. The Labute approximate surface area is 208 Å². The molecule has 0 heterocycles. The van der Waals surface area contributed by atoms with Crippen LogP contribution in [0.3, 0.4) is 0 Å². The van der Waals surface area contributed by atoms with Crippen LogP contribution < -0.4 is 5.32 Å². The molecule has 0 aliphatic heterocycles. The lowest BCUT2D eigenvalue weighted by atomic mass is 9.98. The maximum Gasteiger partial charge on any atom is 0.343 e. The third kappa shape index (κ3) is 31.7. The molecule has 1 aliphatic carbocycles. The predicted octanol–water partition coefficient (Wildman–Crippen LogP) is 8.88. The predicted molar refractivity (Wildman–Crippen MR) is 148 cm³/mol. The Morgan fingerprint density at radius 2 is 1.42 bits per heavy atom. The number of aliphatic hydroxyl groups is 1. The molecule has 33 heavy (non-hydrogen) atoms. The van der Waals surface area contributed by atoms with E-state index in [-0.39, 0.29) is 6.29 Å². The third-order valence-corrected chi connectivity index (χ3v) is 6.72. The molecule has 9 heteroatoms. The average molecular weight is 518 g/mol. The molecular formula is C24H57NO6P2. The molecule has 2 N–H and O–H groups in total. The molecule has 0 radical (unpaired) electrons. The van der Waals surface area contributed by atoms with Crippen LogP contribution in [0.1, 0.15) is 88.0 Å². The summed E-state index contributed by atoms with van der Waals surface area (Å²) in [6.07, 6.45) is 11.1. The van der Waals surface area contributed by atoms with Crippen LogP contribution in [0.5, 0.6) is 0 Å². The van der Waals surface area contributed by atoms with Gasteiger partial charge in [0.25, 0.3) is 0 Å². The van der Waals surface area contributed by atoms with Gasteiger partial charge in [0, 0.05) is 28.4 Å². The van der Waals surface area contributed by atoms with Gasteiger partial charge in [-0.3, -0.25) is 9.88 Å². The van der Waals surface area contributed by atoms with Gasteiger partial charge in [0.2, 0.25) is 0 Å². The van der Waals surface area contributed by atoms with Gasteiger partial charge >= 0.3 is 7.60 Å². The molecule has 0 spiro atoms. The summed E-state index contributed by atoms with van der Waals surface area (Å²) < 4.78 is 31.0. The van der Waals surface area contributed by atoms with Crippen molar-refractivity contribution < 1.29 is 27.8 Å². The normalized spacial score (nSPS) is 13.8. The number of hydrogen-bond donors (Lipinski definition) is 2. The highest BCUT2D eigenvalue weighted by Crippen LogP contribution is 2.45. The van der Waals surface area contributed by atoms with E-state index in [0.717, 1.165) is 6.42 Å². The maximum absolute atomic E-state index is 11.5. The summed E-state index contributed by atoms with van der Waals surface area (Å²) in [5, 5.41) is 11.8. The Hall–Kier alpha value is -0.260. The van der Waals surface area contributed by atoms with Crippen molar-refractivity contribution in [3.63, 3.8) is 0 Å². The van der Waals surface area contributed by atoms with E-state index in [1.165, 1.54) is 33.5 Å². The van der Waals surface area contributed by atoms with Gasteiger partial charge in [0.05, 0.1) is 12.6 Å². The zero-order valence-electron chi connectivity index (χ0n) is 23.9. The minimum absolute atomic E-state index is 0.144. The molecule has 0 aromatic carbocycles. The van der Waals surface area contributed by atoms with Gasteiger partial charge in [-0.15, -0.1) is 0 Å². The fourth-order valence-electron chi connectivity index (χ4n) is 1.64. The van der Waals surface area contributed by atoms with Crippen LogP contribution in [0.15, 0.2) is 24.0 Å². The molecule has 0 saturated heterocycles. The number of rotatable bonds is 10. The number of unbranched alkanes of at least 4 members (excludes halogenated alkanes) is 1. The summed E-state index contributed by atoms with van der Waals surface area (Å²) in [6, 6.07) is 0. The van der Waals surface area contributed by atoms with Gasteiger partial charge in [0.15, 0.2) is 8.38 Å². The second kappa shape index (κ2) is 36.3. The smallest absolute Gasteiger partial charge is 0.343 e. The van der Waals surface area contributed by atoms with Gasteiger partial charge in [0.1, 0.15) is 5.76 Å². The van der Waals surface area contributed by atoms with Gasteiger partial charge in [-0.25, -0.2) is 0 Å². The maximum atomic E-state index is 11.5. The molecule has 1 aliphatic rings. The van der Waals surface area contributed by atoms with Gasteiger partial charge in [-0.1, -0.05) is 81.2 Å². The first-order chi connectivity index (χ1) is 15.9. The Kier molecular flexibility index (Phi) is 47.2. The van der Waals surface area contributed by atoms with E-state index in [4.69, 9.17) is 23.2 Å². The van der Waals surface area contributed by atoms with Crippen LogP contribution >= 0.6 is 16.0 Å².